The first kappa shape index (κ1) is 25.8. The van der Waals surface area contributed by atoms with E-state index >= 15 is 0 Å². The number of unbranched alkanes of at least 4 members (excludes halogenated alkanes) is 1. The van der Waals surface area contributed by atoms with Crippen LogP contribution in [0.25, 0.3) is 0 Å². The van der Waals surface area contributed by atoms with Crippen molar-refractivity contribution in [2.45, 2.75) is 64.2 Å². The summed E-state index contributed by atoms with van der Waals surface area (Å²) in [7, 11) is 2.09. The molecule has 0 aromatic heterocycles. The molecule has 1 unspecified atom stereocenters. The Kier molecular flexibility index (Phi) is 12.4. The molecule has 0 aliphatic heterocycles. The number of halogens is 1. The summed E-state index contributed by atoms with van der Waals surface area (Å²) < 4.78 is 1.02. The van der Waals surface area contributed by atoms with Crippen LogP contribution in [0, 0.1) is 5.92 Å². The van der Waals surface area contributed by atoms with Gasteiger partial charge in [-0.05, 0) is 85.3 Å². The van der Waals surface area contributed by atoms with Crippen molar-refractivity contribution >= 4 is 27.7 Å². The summed E-state index contributed by atoms with van der Waals surface area (Å²) in [6, 6.07) is 8.79. The Balaban J connectivity index is 2.69. The van der Waals surface area contributed by atoms with Crippen LogP contribution in [0.5, 0.6) is 0 Å². The van der Waals surface area contributed by atoms with Gasteiger partial charge >= 0.3 is 0 Å². The topological polar surface area (TPSA) is 3.24 Å². The van der Waals surface area contributed by atoms with Gasteiger partial charge in [0.2, 0.25) is 0 Å². The molecule has 0 saturated heterocycles. The summed E-state index contributed by atoms with van der Waals surface area (Å²) >= 11 is 5.42. The number of benzene rings is 1. The van der Waals surface area contributed by atoms with Crippen molar-refractivity contribution in [2.24, 2.45) is 5.92 Å². The number of nitrogens with zero attached hydrogens (tertiary/aromatic N) is 1. The van der Waals surface area contributed by atoms with Crippen molar-refractivity contribution < 1.29 is 0 Å². The van der Waals surface area contributed by atoms with Crippen molar-refractivity contribution in [3.63, 3.8) is 0 Å². The van der Waals surface area contributed by atoms with Gasteiger partial charge in [-0.3, -0.25) is 0 Å². The Morgan fingerprint density at radius 1 is 1.21 bits per heavy atom. The lowest BCUT2D eigenvalue weighted by molar-refractivity contribution is 0.483. The van der Waals surface area contributed by atoms with E-state index in [-0.39, 0.29) is 0 Å². The number of rotatable bonds is 13. The minimum Gasteiger partial charge on any atom is -0.351 e. The Hall–Kier alpha value is -1.19. The predicted octanol–water partition coefficient (Wildman–Crippen LogP) is 8.74. The maximum absolute atomic E-state index is 4.43. The molecule has 1 aromatic carbocycles. The van der Waals surface area contributed by atoms with Crippen LogP contribution >= 0.6 is 27.7 Å². The Bertz CT molecular complexity index is 732. The molecule has 0 radical (unpaired) electrons. The number of hydrogen-bond acceptors (Lipinski definition) is 2. The fourth-order valence-electron chi connectivity index (χ4n) is 3.53. The maximum Gasteiger partial charge on any atom is 0.0361 e. The summed E-state index contributed by atoms with van der Waals surface area (Å²) in [5, 5.41) is 0. The van der Waals surface area contributed by atoms with Crippen molar-refractivity contribution in [2.75, 3.05) is 13.3 Å². The van der Waals surface area contributed by atoms with Gasteiger partial charge in [-0.1, -0.05) is 62.8 Å². The standard InChI is InChI=1S/C26H38BrNS/c1-8-14-23(15-10-11-16-24-17-12-13-18-26(24)29-7)20(3)19-21(4)28(6)22(5)25(27)9-2/h9,12-13,17-19,23H,2-3,8,10-11,14-16H2,1,4-7H3/b21-19-,25-22+. The summed E-state index contributed by atoms with van der Waals surface area (Å²) in [4.78, 5) is 3.61. The van der Waals surface area contributed by atoms with Gasteiger partial charge in [-0.2, -0.15) is 0 Å². The average molecular weight is 477 g/mol. The molecule has 3 heteroatoms. The van der Waals surface area contributed by atoms with Crippen LogP contribution in [0.3, 0.4) is 0 Å². The van der Waals surface area contributed by atoms with Gasteiger partial charge in [0.05, 0.1) is 0 Å². The molecular weight excluding hydrogens is 438 g/mol. The second-order valence-electron chi connectivity index (χ2n) is 7.60. The summed E-state index contributed by atoms with van der Waals surface area (Å²) in [5.41, 5.74) is 5.10. The third-order valence-electron chi connectivity index (χ3n) is 5.55. The predicted molar refractivity (Wildman–Crippen MR) is 137 cm³/mol. The van der Waals surface area contributed by atoms with Gasteiger partial charge in [0.25, 0.3) is 0 Å². The smallest absolute Gasteiger partial charge is 0.0361 e. The second kappa shape index (κ2) is 13.9. The lowest BCUT2D eigenvalue weighted by atomic mass is 9.89. The molecule has 0 fully saturated rings. The van der Waals surface area contributed by atoms with Gasteiger partial charge in [0.1, 0.15) is 0 Å². The largest absolute Gasteiger partial charge is 0.351 e. The lowest BCUT2D eigenvalue weighted by Gasteiger charge is -2.24. The molecule has 1 atom stereocenters. The average Bonchev–Trinajstić information content (AvgIpc) is 2.74. The first-order valence-electron chi connectivity index (χ1n) is 10.6. The van der Waals surface area contributed by atoms with E-state index in [2.05, 4.69) is 98.4 Å². The number of hydrogen-bond donors (Lipinski definition) is 0. The molecule has 0 aliphatic rings. The number of allylic oxidation sites excluding steroid dienone is 6. The summed E-state index contributed by atoms with van der Waals surface area (Å²) in [5.74, 6) is 0.561. The molecule has 0 saturated carbocycles. The highest BCUT2D eigenvalue weighted by atomic mass is 79.9. The summed E-state index contributed by atoms with van der Waals surface area (Å²) in [6.07, 6.45) is 13.5. The van der Waals surface area contributed by atoms with E-state index in [0.29, 0.717) is 5.92 Å². The van der Waals surface area contributed by atoms with Crippen molar-refractivity contribution in [1.29, 1.82) is 0 Å². The van der Waals surface area contributed by atoms with Crippen molar-refractivity contribution in [3.05, 3.63) is 76.6 Å². The van der Waals surface area contributed by atoms with E-state index in [9.17, 15) is 0 Å². The third-order valence-corrected chi connectivity index (χ3v) is 7.29. The van der Waals surface area contributed by atoms with E-state index in [0.717, 1.165) is 10.2 Å². The molecule has 29 heavy (non-hydrogen) atoms. The van der Waals surface area contributed by atoms with Crippen LogP contribution in [-0.2, 0) is 6.42 Å². The van der Waals surface area contributed by atoms with E-state index in [1.165, 1.54) is 60.3 Å². The zero-order chi connectivity index (χ0) is 21.8. The minimum absolute atomic E-state index is 0.561. The van der Waals surface area contributed by atoms with Crippen LogP contribution in [0.2, 0.25) is 0 Å². The molecule has 1 aromatic rings. The SMILES string of the molecule is C=C/C(Br)=C(/C)N(C)/C(C)=C\C(=C)C(CCC)CCCCc1ccccc1SC. The highest BCUT2D eigenvalue weighted by Gasteiger charge is 2.12. The molecule has 0 amide bonds. The molecule has 0 aliphatic carbocycles. The minimum atomic E-state index is 0.561. The molecule has 0 bridgehead atoms. The van der Waals surface area contributed by atoms with Gasteiger partial charge < -0.3 is 4.90 Å². The van der Waals surface area contributed by atoms with E-state index in [1.807, 2.05) is 17.8 Å². The fraction of sp³-hybridized carbons (Fsp3) is 0.462. The fourth-order valence-corrected chi connectivity index (χ4v) is 4.45. The first-order valence-corrected chi connectivity index (χ1v) is 12.6. The van der Waals surface area contributed by atoms with E-state index in [1.54, 1.807) is 0 Å². The Morgan fingerprint density at radius 3 is 2.52 bits per heavy atom. The number of aryl methyl sites for hydroxylation is 1. The monoisotopic (exact) mass is 475 g/mol. The quantitative estimate of drug-likeness (QED) is 0.159. The molecule has 1 rings (SSSR count). The van der Waals surface area contributed by atoms with Crippen molar-refractivity contribution in [3.8, 4) is 0 Å². The zero-order valence-electron chi connectivity index (χ0n) is 18.9. The van der Waals surface area contributed by atoms with Gasteiger partial charge in [0, 0.05) is 27.8 Å². The zero-order valence-corrected chi connectivity index (χ0v) is 21.3. The van der Waals surface area contributed by atoms with Gasteiger partial charge in [0.15, 0.2) is 0 Å². The van der Waals surface area contributed by atoms with Crippen LogP contribution in [0.4, 0.5) is 0 Å². The van der Waals surface area contributed by atoms with E-state index in [4.69, 9.17) is 0 Å². The van der Waals surface area contributed by atoms with Crippen molar-refractivity contribution in [1.82, 2.24) is 4.90 Å². The second-order valence-corrected chi connectivity index (χ2v) is 9.30. The number of thioether (sulfide) groups is 1. The van der Waals surface area contributed by atoms with Crippen LogP contribution in [0.15, 0.2) is 75.9 Å². The molecule has 1 nitrogen and oxygen atoms in total. The highest BCUT2D eigenvalue weighted by Crippen LogP contribution is 2.27. The lowest BCUT2D eigenvalue weighted by Crippen LogP contribution is -2.15. The molecule has 0 N–H and O–H groups in total. The Labute approximate surface area is 192 Å². The highest BCUT2D eigenvalue weighted by molar-refractivity contribution is 9.11. The van der Waals surface area contributed by atoms with Crippen LogP contribution < -0.4 is 0 Å². The Morgan fingerprint density at radius 2 is 1.90 bits per heavy atom. The normalized spacial score (nSPS) is 13.7. The van der Waals surface area contributed by atoms with E-state index < -0.39 is 0 Å². The third kappa shape index (κ3) is 8.60. The van der Waals surface area contributed by atoms with Gasteiger partial charge in [-0.15, -0.1) is 11.8 Å². The first-order chi connectivity index (χ1) is 13.8. The van der Waals surface area contributed by atoms with Crippen LogP contribution in [0.1, 0.15) is 58.4 Å². The molecule has 0 spiro atoms. The molecular formula is C26H38BrNS. The molecule has 0 heterocycles. The summed E-state index contributed by atoms with van der Waals surface area (Å²) in [6.45, 7) is 14.8. The van der Waals surface area contributed by atoms with Gasteiger partial charge in [-0.25, -0.2) is 0 Å². The molecule has 160 valence electrons. The maximum atomic E-state index is 4.43. The van der Waals surface area contributed by atoms with Crippen LogP contribution in [-0.4, -0.2) is 18.2 Å².